The third-order valence-electron chi connectivity index (χ3n) is 5.51. The predicted octanol–water partition coefficient (Wildman–Crippen LogP) is 2.78. The van der Waals surface area contributed by atoms with E-state index >= 15 is 0 Å². The molecule has 6 nitrogen and oxygen atoms in total. The second-order valence-corrected chi connectivity index (χ2v) is 7.44. The fraction of sp³-hybridized carbons (Fsp3) is 0.650. The maximum Gasteiger partial charge on any atom is 0.270 e. The third-order valence-corrected chi connectivity index (χ3v) is 5.51. The molecule has 2 N–H and O–H groups in total. The molecule has 142 valence electrons. The average molecular weight is 359 g/mol. The number of carbonyl (C=O) groups excluding carboxylic acids is 2. The fourth-order valence-corrected chi connectivity index (χ4v) is 3.20. The maximum absolute atomic E-state index is 12.8. The zero-order chi connectivity index (χ0) is 18.7. The first-order chi connectivity index (χ1) is 12.5. The van der Waals surface area contributed by atoms with Crippen LogP contribution in [-0.4, -0.2) is 36.0 Å². The van der Waals surface area contributed by atoms with Crippen LogP contribution in [0.4, 0.5) is 0 Å². The SMILES string of the molecule is CCC(CC)(NC(=O)c1ccc(C2CC2)c(OCC2CC2)n1)C(=O)NC. The molecule has 0 aliphatic heterocycles. The Morgan fingerprint density at radius 3 is 2.42 bits per heavy atom. The van der Waals surface area contributed by atoms with Crippen molar-refractivity contribution in [3.8, 4) is 5.88 Å². The molecule has 0 saturated heterocycles. The van der Waals surface area contributed by atoms with E-state index < -0.39 is 5.54 Å². The molecule has 0 radical (unpaired) electrons. The predicted molar refractivity (Wildman–Crippen MR) is 99.3 cm³/mol. The highest BCUT2D eigenvalue weighted by Crippen LogP contribution is 2.44. The van der Waals surface area contributed by atoms with Crippen molar-refractivity contribution >= 4 is 11.8 Å². The lowest BCUT2D eigenvalue weighted by Crippen LogP contribution is -2.57. The Morgan fingerprint density at radius 2 is 1.88 bits per heavy atom. The molecule has 2 amide bonds. The number of pyridine rings is 1. The van der Waals surface area contributed by atoms with Gasteiger partial charge < -0.3 is 15.4 Å². The molecule has 0 spiro atoms. The first kappa shape index (κ1) is 18.7. The lowest BCUT2D eigenvalue weighted by Gasteiger charge is -2.30. The lowest BCUT2D eigenvalue weighted by atomic mass is 9.91. The molecule has 0 unspecified atom stereocenters. The number of nitrogens with zero attached hydrogens (tertiary/aromatic N) is 1. The van der Waals surface area contributed by atoms with Crippen LogP contribution in [0.5, 0.6) is 5.88 Å². The molecule has 1 aromatic rings. The highest BCUT2D eigenvalue weighted by Gasteiger charge is 2.37. The number of amides is 2. The summed E-state index contributed by atoms with van der Waals surface area (Å²) >= 11 is 0. The Labute approximate surface area is 155 Å². The molecular formula is C20H29N3O3. The van der Waals surface area contributed by atoms with Gasteiger partial charge in [-0.05, 0) is 56.4 Å². The number of nitrogens with one attached hydrogen (secondary N) is 2. The molecule has 2 fully saturated rings. The van der Waals surface area contributed by atoms with Crippen LogP contribution in [0.3, 0.4) is 0 Å². The Hall–Kier alpha value is -2.11. The topological polar surface area (TPSA) is 80.3 Å². The summed E-state index contributed by atoms with van der Waals surface area (Å²) < 4.78 is 5.93. The second kappa shape index (κ2) is 7.64. The Bertz CT molecular complexity index is 677. The lowest BCUT2D eigenvalue weighted by molar-refractivity contribution is -0.127. The molecule has 2 saturated carbocycles. The van der Waals surface area contributed by atoms with E-state index in [1.165, 1.54) is 12.8 Å². The highest BCUT2D eigenvalue weighted by molar-refractivity contribution is 5.98. The van der Waals surface area contributed by atoms with E-state index in [2.05, 4.69) is 15.6 Å². The van der Waals surface area contributed by atoms with Gasteiger partial charge in [0, 0.05) is 12.6 Å². The van der Waals surface area contributed by atoms with Gasteiger partial charge in [-0.1, -0.05) is 19.9 Å². The maximum atomic E-state index is 12.8. The minimum Gasteiger partial charge on any atom is -0.477 e. The van der Waals surface area contributed by atoms with Crippen LogP contribution in [0.1, 0.15) is 74.3 Å². The van der Waals surface area contributed by atoms with Crippen LogP contribution in [0, 0.1) is 5.92 Å². The van der Waals surface area contributed by atoms with Crippen LogP contribution in [0.2, 0.25) is 0 Å². The first-order valence-corrected chi connectivity index (χ1v) is 9.71. The average Bonchev–Trinajstić information content (AvgIpc) is 3.57. The highest BCUT2D eigenvalue weighted by atomic mass is 16.5. The quantitative estimate of drug-likeness (QED) is 0.710. The number of hydrogen-bond donors (Lipinski definition) is 2. The van der Waals surface area contributed by atoms with Gasteiger partial charge in [0.15, 0.2) is 0 Å². The van der Waals surface area contributed by atoms with Crippen molar-refractivity contribution < 1.29 is 14.3 Å². The van der Waals surface area contributed by atoms with Gasteiger partial charge in [-0.25, -0.2) is 4.98 Å². The molecule has 2 aliphatic carbocycles. The summed E-state index contributed by atoms with van der Waals surface area (Å²) in [6.45, 7) is 4.46. The smallest absolute Gasteiger partial charge is 0.270 e. The molecule has 3 rings (SSSR count). The Kier molecular flexibility index (Phi) is 5.49. The van der Waals surface area contributed by atoms with E-state index in [0.717, 1.165) is 18.4 Å². The van der Waals surface area contributed by atoms with Gasteiger partial charge in [0.2, 0.25) is 11.8 Å². The van der Waals surface area contributed by atoms with Gasteiger partial charge >= 0.3 is 0 Å². The fourth-order valence-electron chi connectivity index (χ4n) is 3.20. The summed E-state index contributed by atoms with van der Waals surface area (Å²) in [5, 5.41) is 5.55. The van der Waals surface area contributed by atoms with Gasteiger partial charge in [-0.3, -0.25) is 9.59 Å². The Balaban J connectivity index is 1.79. The monoisotopic (exact) mass is 359 g/mol. The number of ether oxygens (including phenoxy) is 1. The summed E-state index contributed by atoms with van der Waals surface area (Å²) in [7, 11) is 1.58. The number of aromatic nitrogens is 1. The minimum atomic E-state index is -0.919. The van der Waals surface area contributed by atoms with Gasteiger partial charge in [0.25, 0.3) is 5.91 Å². The minimum absolute atomic E-state index is 0.185. The van der Waals surface area contributed by atoms with Crippen molar-refractivity contribution in [2.75, 3.05) is 13.7 Å². The van der Waals surface area contributed by atoms with Crippen LogP contribution in [-0.2, 0) is 4.79 Å². The van der Waals surface area contributed by atoms with E-state index in [9.17, 15) is 9.59 Å². The van der Waals surface area contributed by atoms with Gasteiger partial charge in [-0.2, -0.15) is 0 Å². The van der Waals surface area contributed by atoms with E-state index in [0.29, 0.717) is 42.9 Å². The van der Waals surface area contributed by atoms with E-state index in [4.69, 9.17) is 4.74 Å². The van der Waals surface area contributed by atoms with Crippen molar-refractivity contribution in [1.29, 1.82) is 0 Å². The molecule has 26 heavy (non-hydrogen) atoms. The van der Waals surface area contributed by atoms with Crippen molar-refractivity contribution in [1.82, 2.24) is 15.6 Å². The number of carbonyl (C=O) groups is 2. The second-order valence-electron chi connectivity index (χ2n) is 7.44. The van der Waals surface area contributed by atoms with E-state index in [-0.39, 0.29) is 11.8 Å². The molecule has 0 aromatic carbocycles. The molecule has 6 heteroatoms. The van der Waals surface area contributed by atoms with Gasteiger partial charge in [0.05, 0.1) is 6.61 Å². The van der Waals surface area contributed by atoms with E-state index in [1.54, 1.807) is 13.1 Å². The number of hydrogen-bond acceptors (Lipinski definition) is 4. The third kappa shape index (κ3) is 4.00. The standard InChI is InChI=1S/C20H29N3O3/c1-4-20(5-2,19(25)21-3)23-17(24)16-11-10-15(14-8-9-14)18(22-16)26-12-13-6-7-13/h10-11,13-14H,4-9,12H2,1-3H3,(H,21,25)(H,23,24). The normalized spacial score (nSPS) is 16.9. The number of likely N-dealkylation sites (N-methyl/N-ethyl adjacent to an activating group) is 1. The van der Waals surface area contributed by atoms with Gasteiger partial charge in [-0.15, -0.1) is 0 Å². The van der Waals surface area contributed by atoms with Crippen molar-refractivity contribution in [2.24, 2.45) is 5.92 Å². The molecule has 1 aromatic heterocycles. The summed E-state index contributed by atoms with van der Waals surface area (Å²) in [5.41, 5.74) is 0.485. The summed E-state index contributed by atoms with van der Waals surface area (Å²) in [4.78, 5) is 29.6. The molecule has 0 atom stereocenters. The van der Waals surface area contributed by atoms with Gasteiger partial charge in [0.1, 0.15) is 11.2 Å². The molecule has 0 bridgehead atoms. The van der Waals surface area contributed by atoms with Crippen molar-refractivity contribution in [3.63, 3.8) is 0 Å². The number of rotatable bonds is 9. The van der Waals surface area contributed by atoms with Crippen LogP contribution < -0.4 is 15.4 Å². The van der Waals surface area contributed by atoms with Crippen molar-refractivity contribution in [3.05, 3.63) is 23.4 Å². The molecule has 2 aliphatic rings. The van der Waals surface area contributed by atoms with E-state index in [1.807, 2.05) is 19.9 Å². The summed E-state index contributed by atoms with van der Waals surface area (Å²) in [6, 6.07) is 3.70. The molecular weight excluding hydrogens is 330 g/mol. The van der Waals surface area contributed by atoms with Crippen LogP contribution in [0.25, 0.3) is 0 Å². The summed E-state index contributed by atoms with van der Waals surface area (Å²) in [6.07, 6.45) is 5.75. The van der Waals surface area contributed by atoms with Crippen molar-refractivity contribution in [2.45, 2.75) is 63.8 Å². The Morgan fingerprint density at radius 1 is 1.19 bits per heavy atom. The van der Waals surface area contributed by atoms with Crippen LogP contribution in [0.15, 0.2) is 12.1 Å². The zero-order valence-electron chi connectivity index (χ0n) is 15.9. The largest absolute Gasteiger partial charge is 0.477 e. The summed E-state index contributed by atoms with van der Waals surface area (Å²) in [5.74, 6) is 1.20. The zero-order valence-corrected chi connectivity index (χ0v) is 15.9. The molecule has 1 heterocycles. The van der Waals surface area contributed by atoms with Crippen LogP contribution >= 0.6 is 0 Å². The first-order valence-electron chi connectivity index (χ1n) is 9.71.